The zero-order valence-corrected chi connectivity index (χ0v) is 14.9. The number of aliphatic hydroxyl groups is 1. The van der Waals surface area contributed by atoms with Gasteiger partial charge in [0.15, 0.2) is 6.61 Å². The van der Waals surface area contributed by atoms with E-state index in [0.717, 1.165) is 22.4 Å². The Morgan fingerprint density at radius 2 is 2.12 bits per heavy atom. The third-order valence-electron chi connectivity index (χ3n) is 4.13. The largest absolute Gasteiger partial charge is 0.492 e. The van der Waals surface area contributed by atoms with Crippen LogP contribution in [0.25, 0.3) is 0 Å². The highest BCUT2D eigenvalue weighted by atomic mass is 35.5. The second kappa shape index (κ2) is 8.40. The lowest BCUT2D eigenvalue weighted by Crippen LogP contribution is -2.25. The van der Waals surface area contributed by atoms with Crippen molar-refractivity contribution in [2.24, 2.45) is 0 Å². The van der Waals surface area contributed by atoms with Crippen LogP contribution in [0.2, 0.25) is 5.02 Å². The topological polar surface area (TPSA) is 79.2 Å². The van der Waals surface area contributed by atoms with Crippen molar-refractivity contribution < 1.29 is 24.5 Å². The van der Waals surface area contributed by atoms with Gasteiger partial charge in [-0.1, -0.05) is 17.7 Å². The predicted octanol–water partition coefficient (Wildman–Crippen LogP) is 2.69. The SMILES string of the molecule is O=C(O)COc1ccc(Cl)cc1CN1CCOc2ccc(CO)cc2C1. The Bertz CT molecular complexity index is 795. The van der Waals surface area contributed by atoms with Crippen molar-refractivity contribution in [2.45, 2.75) is 19.7 Å². The first-order chi connectivity index (χ1) is 12.5. The number of fused-ring (bicyclic) bond motifs is 1. The number of carboxylic acids is 1. The minimum absolute atomic E-state index is 0.0191. The van der Waals surface area contributed by atoms with Crippen molar-refractivity contribution >= 4 is 17.6 Å². The Kier molecular flexibility index (Phi) is 5.98. The van der Waals surface area contributed by atoms with Gasteiger partial charge in [0.05, 0.1) is 6.61 Å². The van der Waals surface area contributed by atoms with Gasteiger partial charge in [-0.2, -0.15) is 0 Å². The average molecular weight is 378 g/mol. The summed E-state index contributed by atoms with van der Waals surface area (Å²) >= 11 is 6.11. The molecule has 2 aromatic rings. The van der Waals surface area contributed by atoms with Crippen LogP contribution >= 0.6 is 11.6 Å². The van der Waals surface area contributed by atoms with Crippen molar-refractivity contribution in [3.05, 3.63) is 58.1 Å². The lowest BCUT2D eigenvalue weighted by molar-refractivity contribution is -0.139. The van der Waals surface area contributed by atoms with E-state index in [0.29, 0.717) is 37.0 Å². The van der Waals surface area contributed by atoms with E-state index >= 15 is 0 Å². The number of hydrogen-bond donors (Lipinski definition) is 2. The second-order valence-corrected chi connectivity index (χ2v) is 6.53. The number of aliphatic carboxylic acids is 1. The zero-order valence-electron chi connectivity index (χ0n) is 14.2. The minimum Gasteiger partial charge on any atom is -0.492 e. The van der Waals surface area contributed by atoms with Gasteiger partial charge < -0.3 is 19.7 Å². The number of carbonyl (C=O) groups is 1. The van der Waals surface area contributed by atoms with Crippen LogP contribution in [0.3, 0.4) is 0 Å². The number of halogens is 1. The molecule has 1 aliphatic rings. The molecular formula is C19H20ClNO5. The van der Waals surface area contributed by atoms with Crippen molar-refractivity contribution in [3.63, 3.8) is 0 Å². The monoisotopic (exact) mass is 377 g/mol. The van der Waals surface area contributed by atoms with Gasteiger partial charge in [0.2, 0.25) is 0 Å². The fourth-order valence-electron chi connectivity index (χ4n) is 2.93. The third-order valence-corrected chi connectivity index (χ3v) is 4.37. The number of nitrogens with zero attached hydrogens (tertiary/aromatic N) is 1. The second-order valence-electron chi connectivity index (χ2n) is 6.09. The molecule has 7 heteroatoms. The molecule has 138 valence electrons. The Hall–Kier alpha value is -2.28. The molecule has 3 rings (SSSR count). The quantitative estimate of drug-likeness (QED) is 0.805. The Morgan fingerprint density at radius 1 is 1.27 bits per heavy atom. The highest BCUT2D eigenvalue weighted by Crippen LogP contribution is 2.28. The molecule has 1 heterocycles. The summed E-state index contributed by atoms with van der Waals surface area (Å²) in [5.74, 6) is 0.295. The van der Waals surface area contributed by atoms with Gasteiger partial charge in [-0.3, -0.25) is 4.90 Å². The van der Waals surface area contributed by atoms with E-state index in [1.54, 1.807) is 18.2 Å². The molecule has 0 saturated carbocycles. The van der Waals surface area contributed by atoms with Gasteiger partial charge in [-0.15, -0.1) is 0 Å². The molecule has 2 aromatic carbocycles. The number of hydrogen-bond acceptors (Lipinski definition) is 5. The molecule has 0 spiro atoms. The van der Waals surface area contributed by atoms with Crippen LogP contribution < -0.4 is 9.47 Å². The van der Waals surface area contributed by atoms with E-state index in [1.807, 2.05) is 18.2 Å². The van der Waals surface area contributed by atoms with E-state index in [4.69, 9.17) is 26.2 Å². The van der Waals surface area contributed by atoms with Crippen LogP contribution in [0.5, 0.6) is 11.5 Å². The van der Waals surface area contributed by atoms with Crippen LogP contribution in [0, 0.1) is 0 Å². The summed E-state index contributed by atoms with van der Waals surface area (Å²) in [4.78, 5) is 13.0. The third kappa shape index (κ3) is 4.66. The van der Waals surface area contributed by atoms with Gasteiger partial charge in [0.25, 0.3) is 0 Å². The summed E-state index contributed by atoms with van der Waals surface area (Å²) in [6.07, 6.45) is 0. The fourth-order valence-corrected chi connectivity index (χ4v) is 3.12. The van der Waals surface area contributed by atoms with Gasteiger partial charge in [0, 0.05) is 35.8 Å². The molecular weight excluding hydrogens is 358 g/mol. The van der Waals surface area contributed by atoms with Gasteiger partial charge >= 0.3 is 5.97 Å². The summed E-state index contributed by atoms with van der Waals surface area (Å²) in [5, 5.41) is 18.8. The molecule has 0 aliphatic carbocycles. The van der Waals surface area contributed by atoms with E-state index in [2.05, 4.69) is 4.90 Å². The molecule has 0 radical (unpaired) electrons. The molecule has 0 fully saturated rings. The number of ether oxygens (including phenoxy) is 2. The summed E-state index contributed by atoms with van der Waals surface area (Å²) < 4.78 is 11.2. The highest BCUT2D eigenvalue weighted by Gasteiger charge is 2.18. The number of carboxylic acid groups (broad SMARTS) is 1. The Balaban J connectivity index is 1.79. The van der Waals surface area contributed by atoms with Crippen LogP contribution in [-0.2, 0) is 24.5 Å². The molecule has 0 unspecified atom stereocenters. The molecule has 26 heavy (non-hydrogen) atoms. The average Bonchev–Trinajstić information content (AvgIpc) is 2.81. The van der Waals surface area contributed by atoms with Crippen molar-refractivity contribution in [2.75, 3.05) is 19.8 Å². The molecule has 0 bridgehead atoms. The fraction of sp³-hybridized carbons (Fsp3) is 0.316. The van der Waals surface area contributed by atoms with E-state index in [1.165, 1.54) is 0 Å². The molecule has 0 amide bonds. The molecule has 2 N–H and O–H groups in total. The first-order valence-corrected chi connectivity index (χ1v) is 8.64. The Labute approximate surface area is 156 Å². The smallest absolute Gasteiger partial charge is 0.341 e. The number of aliphatic hydroxyl groups excluding tert-OH is 1. The molecule has 0 atom stereocenters. The minimum atomic E-state index is -1.03. The maximum absolute atomic E-state index is 10.8. The van der Waals surface area contributed by atoms with Gasteiger partial charge in [-0.25, -0.2) is 4.79 Å². The zero-order chi connectivity index (χ0) is 18.5. The van der Waals surface area contributed by atoms with Crippen molar-refractivity contribution in [1.82, 2.24) is 4.90 Å². The van der Waals surface area contributed by atoms with Gasteiger partial charge in [-0.05, 0) is 35.9 Å². The van der Waals surface area contributed by atoms with Crippen LogP contribution in [0.1, 0.15) is 16.7 Å². The molecule has 0 saturated heterocycles. The summed E-state index contributed by atoms with van der Waals surface area (Å²) in [5.41, 5.74) is 2.66. The first kappa shape index (κ1) is 18.5. The van der Waals surface area contributed by atoms with Crippen LogP contribution in [-0.4, -0.2) is 40.8 Å². The number of benzene rings is 2. The van der Waals surface area contributed by atoms with E-state index < -0.39 is 12.6 Å². The summed E-state index contributed by atoms with van der Waals surface area (Å²) in [6, 6.07) is 10.8. The predicted molar refractivity (Wildman–Crippen MR) is 96.6 cm³/mol. The van der Waals surface area contributed by atoms with Crippen molar-refractivity contribution in [3.8, 4) is 11.5 Å². The van der Waals surface area contributed by atoms with Crippen LogP contribution in [0.4, 0.5) is 0 Å². The molecule has 0 aromatic heterocycles. The standard InChI is InChI=1S/C19H20ClNO5/c20-16-2-4-18(26-12-19(23)24)15(8-16)10-21-5-6-25-17-3-1-13(11-22)7-14(17)9-21/h1-4,7-8,22H,5-6,9-12H2,(H,23,24). The number of rotatable bonds is 6. The van der Waals surface area contributed by atoms with Crippen LogP contribution in [0.15, 0.2) is 36.4 Å². The summed E-state index contributed by atoms with van der Waals surface area (Å²) in [7, 11) is 0. The first-order valence-electron chi connectivity index (χ1n) is 8.26. The molecule has 6 nitrogen and oxygen atoms in total. The highest BCUT2D eigenvalue weighted by molar-refractivity contribution is 6.30. The van der Waals surface area contributed by atoms with Crippen molar-refractivity contribution in [1.29, 1.82) is 0 Å². The maximum atomic E-state index is 10.8. The normalized spacial score (nSPS) is 14.2. The lowest BCUT2D eigenvalue weighted by Gasteiger charge is -2.21. The summed E-state index contributed by atoms with van der Waals surface area (Å²) in [6.45, 7) is 2.01. The van der Waals surface area contributed by atoms with E-state index in [9.17, 15) is 9.90 Å². The van der Waals surface area contributed by atoms with Gasteiger partial charge in [0.1, 0.15) is 18.1 Å². The van der Waals surface area contributed by atoms with E-state index in [-0.39, 0.29) is 6.61 Å². The maximum Gasteiger partial charge on any atom is 0.341 e. The molecule has 1 aliphatic heterocycles. The lowest BCUT2D eigenvalue weighted by atomic mass is 10.1. The Morgan fingerprint density at radius 3 is 2.88 bits per heavy atom.